The summed E-state index contributed by atoms with van der Waals surface area (Å²) < 4.78 is 0. The highest BCUT2D eigenvalue weighted by molar-refractivity contribution is 5.94. The van der Waals surface area contributed by atoms with E-state index in [4.69, 9.17) is 0 Å². The molecule has 0 bridgehead atoms. The van der Waals surface area contributed by atoms with Crippen LogP contribution in [0.15, 0.2) is 24.3 Å². The van der Waals surface area contributed by atoms with E-state index in [0.717, 1.165) is 18.7 Å². The first-order valence-corrected chi connectivity index (χ1v) is 7.67. The van der Waals surface area contributed by atoms with E-state index in [1.165, 1.54) is 0 Å². The number of carbonyl (C=O) groups excluding carboxylic acids is 2. The molecule has 3 amide bonds. The molecule has 6 heteroatoms. The molecule has 120 valence electrons. The number of urea groups is 1. The Hall–Kier alpha value is -2.08. The van der Waals surface area contributed by atoms with E-state index in [0.29, 0.717) is 24.6 Å². The highest BCUT2D eigenvalue weighted by Gasteiger charge is 2.17. The van der Waals surface area contributed by atoms with Crippen molar-refractivity contribution >= 4 is 11.9 Å². The van der Waals surface area contributed by atoms with Gasteiger partial charge >= 0.3 is 6.03 Å². The minimum Gasteiger partial charge on any atom is -0.352 e. The van der Waals surface area contributed by atoms with Crippen LogP contribution in [0, 0.1) is 5.92 Å². The van der Waals surface area contributed by atoms with Crippen molar-refractivity contribution in [3.05, 3.63) is 35.4 Å². The van der Waals surface area contributed by atoms with E-state index in [1.807, 2.05) is 26.0 Å². The lowest BCUT2D eigenvalue weighted by Gasteiger charge is -2.27. The highest BCUT2D eigenvalue weighted by Crippen LogP contribution is 2.06. The Bertz CT molecular complexity index is 509. The van der Waals surface area contributed by atoms with Crippen LogP contribution < -0.4 is 21.3 Å². The van der Waals surface area contributed by atoms with Gasteiger partial charge in [-0.05, 0) is 31.5 Å². The number of hydrogen-bond donors (Lipinski definition) is 4. The van der Waals surface area contributed by atoms with Crippen LogP contribution >= 0.6 is 0 Å². The molecule has 1 heterocycles. The summed E-state index contributed by atoms with van der Waals surface area (Å²) in [4.78, 5) is 23.5. The van der Waals surface area contributed by atoms with Gasteiger partial charge in [0.05, 0.1) is 0 Å². The van der Waals surface area contributed by atoms with Gasteiger partial charge in [-0.2, -0.15) is 0 Å². The van der Waals surface area contributed by atoms with Gasteiger partial charge < -0.3 is 21.3 Å². The van der Waals surface area contributed by atoms with Gasteiger partial charge in [0.2, 0.25) is 0 Å². The zero-order valence-electron chi connectivity index (χ0n) is 13.1. The molecule has 0 unspecified atom stereocenters. The Labute approximate surface area is 131 Å². The third-order valence-electron chi connectivity index (χ3n) is 3.51. The van der Waals surface area contributed by atoms with Crippen LogP contribution in [-0.2, 0) is 6.54 Å². The Morgan fingerprint density at radius 1 is 1.18 bits per heavy atom. The van der Waals surface area contributed by atoms with Crippen molar-refractivity contribution < 1.29 is 9.59 Å². The van der Waals surface area contributed by atoms with Crippen LogP contribution in [0.5, 0.6) is 0 Å². The molecule has 1 aliphatic rings. The Balaban J connectivity index is 1.76. The van der Waals surface area contributed by atoms with Crippen molar-refractivity contribution in [1.29, 1.82) is 0 Å². The summed E-state index contributed by atoms with van der Waals surface area (Å²) in [5, 5.41) is 11.6. The molecule has 1 aromatic carbocycles. The fourth-order valence-electron chi connectivity index (χ4n) is 2.10. The van der Waals surface area contributed by atoms with E-state index < -0.39 is 0 Å². The van der Waals surface area contributed by atoms with E-state index in [1.54, 1.807) is 12.1 Å². The highest BCUT2D eigenvalue weighted by atomic mass is 16.2. The maximum absolute atomic E-state index is 12.0. The van der Waals surface area contributed by atoms with Crippen molar-refractivity contribution in [2.24, 2.45) is 5.92 Å². The molecule has 0 radical (unpaired) electrons. The molecular formula is C16H24N4O2. The largest absolute Gasteiger partial charge is 0.352 e. The third-order valence-corrected chi connectivity index (χ3v) is 3.51. The Kier molecular flexibility index (Phi) is 5.77. The first-order valence-electron chi connectivity index (χ1n) is 7.67. The average Bonchev–Trinajstić information content (AvgIpc) is 2.43. The molecule has 0 atom stereocenters. The molecule has 1 fully saturated rings. The molecule has 0 aliphatic carbocycles. The van der Waals surface area contributed by atoms with Crippen molar-refractivity contribution in [1.82, 2.24) is 21.3 Å². The fourth-order valence-corrected chi connectivity index (χ4v) is 2.10. The lowest BCUT2D eigenvalue weighted by atomic mass is 10.0. The van der Waals surface area contributed by atoms with Crippen molar-refractivity contribution in [3.63, 3.8) is 0 Å². The quantitative estimate of drug-likeness (QED) is 0.629. The van der Waals surface area contributed by atoms with E-state index in [2.05, 4.69) is 21.3 Å². The summed E-state index contributed by atoms with van der Waals surface area (Å²) in [6, 6.07) is 7.20. The molecule has 1 aliphatic heterocycles. The monoisotopic (exact) mass is 304 g/mol. The fraction of sp³-hybridized carbons (Fsp3) is 0.500. The molecule has 22 heavy (non-hydrogen) atoms. The summed E-state index contributed by atoms with van der Waals surface area (Å²) in [5.74, 6) is 0.496. The molecule has 0 saturated carbocycles. The lowest BCUT2D eigenvalue weighted by Crippen LogP contribution is -2.48. The van der Waals surface area contributed by atoms with Crippen molar-refractivity contribution in [2.45, 2.75) is 26.4 Å². The van der Waals surface area contributed by atoms with Crippen molar-refractivity contribution in [2.75, 3.05) is 19.6 Å². The van der Waals surface area contributed by atoms with Crippen LogP contribution in [-0.4, -0.2) is 37.6 Å². The summed E-state index contributed by atoms with van der Waals surface area (Å²) in [7, 11) is 0. The third kappa shape index (κ3) is 5.04. The molecule has 6 nitrogen and oxygen atoms in total. The minimum atomic E-state index is -0.189. The average molecular weight is 304 g/mol. The first-order chi connectivity index (χ1) is 10.5. The first kappa shape index (κ1) is 16.3. The summed E-state index contributed by atoms with van der Waals surface area (Å²) in [6.07, 6.45) is 0. The molecule has 2 rings (SSSR count). The Morgan fingerprint density at radius 3 is 2.41 bits per heavy atom. The zero-order valence-corrected chi connectivity index (χ0v) is 13.1. The van der Waals surface area contributed by atoms with Crippen LogP contribution in [0.1, 0.15) is 29.8 Å². The Morgan fingerprint density at radius 2 is 1.86 bits per heavy atom. The van der Waals surface area contributed by atoms with Gasteiger partial charge in [0.15, 0.2) is 0 Å². The number of benzene rings is 1. The minimum absolute atomic E-state index is 0.0519. The molecular weight excluding hydrogens is 280 g/mol. The predicted molar refractivity (Wildman–Crippen MR) is 85.6 cm³/mol. The lowest BCUT2D eigenvalue weighted by molar-refractivity contribution is 0.0942. The zero-order chi connectivity index (χ0) is 15.9. The van der Waals surface area contributed by atoms with E-state index in [9.17, 15) is 9.59 Å². The van der Waals surface area contributed by atoms with Crippen LogP contribution in [0.3, 0.4) is 0 Å². The molecule has 1 saturated heterocycles. The standard InChI is InChI=1S/C16H24N4O2/c1-11(2)20-16(22)19-9-12-3-5-14(6-4-12)15(21)18-10-13-7-17-8-13/h3-6,11,13,17H,7-10H2,1-2H3,(H,18,21)(H2,19,20,22). The van der Waals surface area contributed by atoms with Gasteiger partial charge in [-0.1, -0.05) is 12.1 Å². The number of nitrogens with one attached hydrogen (secondary N) is 4. The second kappa shape index (κ2) is 7.79. The van der Waals surface area contributed by atoms with Gasteiger partial charge in [-0.15, -0.1) is 0 Å². The second-order valence-electron chi connectivity index (χ2n) is 5.91. The van der Waals surface area contributed by atoms with E-state index in [-0.39, 0.29) is 18.0 Å². The smallest absolute Gasteiger partial charge is 0.315 e. The topological polar surface area (TPSA) is 82.3 Å². The second-order valence-corrected chi connectivity index (χ2v) is 5.91. The summed E-state index contributed by atoms with van der Waals surface area (Å²) in [5.41, 5.74) is 1.60. The van der Waals surface area contributed by atoms with Crippen LogP contribution in [0.4, 0.5) is 4.79 Å². The van der Waals surface area contributed by atoms with Crippen LogP contribution in [0.25, 0.3) is 0 Å². The number of amides is 3. The molecule has 4 N–H and O–H groups in total. The molecule has 0 spiro atoms. The summed E-state index contributed by atoms with van der Waals surface area (Å²) in [6.45, 7) is 6.92. The van der Waals surface area contributed by atoms with Crippen LogP contribution in [0.2, 0.25) is 0 Å². The van der Waals surface area contributed by atoms with Gasteiger partial charge in [0, 0.05) is 43.7 Å². The normalized spacial score (nSPS) is 14.3. The number of hydrogen-bond acceptors (Lipinski definition) is 3. The number of rotatable bonds is 6. The molecule has 0 aromatic heterocycles. The summed E-state index contributed by atoms with van der Waals surface area (Å²) >= 11 is 0. The van der Waals surface area contributed by atoms with Gasteiger partial charge in [-0.25, -0.2) is 4.79 Å². The SMILES string of the molecule is CC(C)NC(=O)NCc1ccc(C(=O)NCC2CNC2)cc1. The van der Waals surface area contributed by atoms with E-state index >= 15 is 0 Å². The number of carbonyl (C=O) groups is 2. The molecule has 1 aromatic rings. The maximum Gasteiger partial charge on any atom is 0.315 e. The van der Waals surface area contributed by atoms with Gasteiger partial charge in [-0.3, -0.25) is 4.79 Å². The van der Waals surface area contributed by atoms with Gasteiger partial charge in [0.25, 0.3) is 5.91 Å². The maximum atomic E-state index is 12.0. The van der Waals surface area contributed by atoms with Crippen molar-refractivity contribution in [3.8, 4) is 0 Å². The van der Waals surface area contributed by atoms with Gasteiger partial charge in [0.1, 0.15) is 0 Å². The predicted octanol–water partition coefficient (Wildman–Crippen LogP) is 0.843.